The first-order chi connectivity index (χ1) is 17.5. The number of carboxylic acids is 2. The van der Waals surface area contributed by atoms with Crippen molar-refractivity contribution in [1.82, 2.24) is 0 Å². The van der Waals surface area contributed by atoms with Crippen LogP contribution in [-0.4, -0.2) is 11.9 Å². The molecule has 0 amide bonds. The van der Waals surface area contributed by atoms with Gasteiger partial charge in [-0.1, -0.05) is 168 Å². The van der Waals surface area contributed by atoms with Crippen LogP contribution in [0, 0.1) is 0 Å². The predicted octanol–water partition coefficient (Wildman–Crippen LogP) is 8.43. The molecule has 0 radical (unpaired) electrons. The van der Waals surface area contributed by atoms with Crippen LogP contribution in [0.2, 0.25) is 0 Å². The molecule has 0 unspecified atom stereocenters. The number of rotatable bonds is 28. The molecule has 0 aliphatic rings. The van der Waals surface area contributed by atoms with E-state index in [-0.39, 0.29) is 40.1 Å². The zero-order valence-electron chi connectivity index (χ0n) is 25.1. The van der Waals surface area contributed by atoms with Crippen LogP contribution in [0.25, 0.3) is 0 Å². The Balaban J connectivity index is -0.000000608. The summed E-state index contributed by atoms with van der Waals surface area (Å²) in [5.74, 6) is -1.81. The number of carbonyl (C=O) groups is 2. The van der Waals surface area contributed by atoms with Crippen molar-refractivity contribution in [1.29, 1.82) is 0 Å². The second-order valence-corrected chi connectivity index (χ2v) is 10.7. The van der Waals surface area contributed by atoms with Crippen LogP contribution in [0.5, 0.6) is 0 Å². The third-order valence-corrected chi connectivity index (χ3v) is 6.97. The zero-order valence-corrected chi connectivity index (χ0v) is 29.2. The average molecular weight is 623 g/mol. The van der Waals surface area contributed by atoms with E-state index in [1.165, 1.54) is 141 Å². The first-order valence-electron chi connectivity index (χ1n) is 15.9. The maximum absolute atomic E-state index is 10.2. The summed E-state index contributed by atoms with van der Waals surface area (Å²) >= 11 is 0. The molecule has 5 heteroatoms. The maximum Gasteiger partial charge on any atom is 2.00 e. The van der Waals surface area contributed by atoms with Crippen LogP contribution < -0.4 is 10.2 Å². The molecule has 0 bridgehead atoms. The molecule has 0 aliphatic carbocycles. The molecule has 0 spiro atoms. The number of carbonyl (C=O) groups excluding carboxylic acids is 2. The van der Waals surface area contributed by atoms with Gasteiger partial charge < -0.3 is 19.8 Å². The Morgan fingerprint density at radius 3 is 0.676 bits per heavy atom. The summed E-state index contributed by atoms with van der Waals surface area (Å²) in [6, 6.07) is 0. The van der Waals surface area contributed by atoms with Crippen LogP contribution in [0.15, 0.2) is 0 Å². The van der Waals surface area contributed by atoms with Gasteiger partial charge in [0, 0.05) is 11.9 Å². The van der Waals surface area contributed by atoms with E-state index in [4.69, 9.17) is 0 Å². The van der Waals surface area contributed by atoms with Crippen molar-refractivity contribution < 1.29 is 47.1 Å². The summed E-state index contributed by atoms with van der Waals surface area (Å²) in [7, 11) is 0. The summed E-state index contributed by atoms with van der Waals surface area (Å²) in [4.78, 5) is 20.4. The first-order valence-corrected chi connectivity index (χ1v) is 15.9. The minimum atomic E-state index is -0.905. The molecule has 4 nitrogen and oxygen atoms in total. The van der Waals surface area contributed by atoms with Crippen LogP contribution in [0.4, 0.5) is 0 Å². The van der Waals surface area contributed by atoms with Crippen molar-refractivity contribution in [3.05, 3.63) is 0 Å². The van der Waals surface area contributed by atoms with Crippen molar-refractivity contribution in [3.8, 4) is 0 Å². The number of aliphatic carboxylic acids is 2. The second-order valence-electron chi connectivity index (χ2n) is 10.7. The molecule has 37 heavy (non-hydrogen) atoms. The van der Waals surface area contributed by atoms with Gasteiger partial charge in [-0.05, 0) is 25.7 Å². The largest absolute Gasteiger partial charge is 2.00 e. The fourth-order valence-electron chi connectivity index (χ4n) is 4.57. The molecule has 0 atom stereocenters. The van der Waals surface area contributed by atoms with Crippen molar-refractivity contribution >= 4 is 11.9 Å². The summed E-state index contributed by atoms with van der Waals surface area (Å²) < 4.78 is 0. The van der Waals surface area contributed by atoms with Gasteiger partial charge in [-0.25, -0.2) is 0 Å². The quantitative estimate of drug-likeness (QED) is 0.0648. The number of carboxylic acid groups (broad SMARTS) is 2. The fourth-order valence-corrected chi connectivity index (χ4v) is 4.57. The molecule has 0 saturated carbocycles. The smallest absolute Gasteiger partial charge is 0.550 e. The van der Waals surface area contributed by atoms with E-state index in [9.17, 15) is 19.8 Å². The summed E-state index contributed by atoms with van der Waals surface area (Å²) in [5, 5.41) is 20.4. The Hall–Kier alpha value is -0.138. The zero-order chi connectivity index (χ0) is 27.0. The molecule has 0 N–H and O–H groups in total. The van der Waals surface area contributed by atoms with E-state index in [0.29, 0.717) is 0 Å². The van der Waals surface area contributed by atoms with Gasteiger partial charge in [-0.2, -0.15) is 0 Å². The Morgan fingerprint density at radius 2 is 0.514 bits per heavy atom. The molecule has 0 rings (SSSR count). The molecule has 0 aromatic rings. The molecule has 0 fully saturated rings. The van der Waals surface area contributed by atoms with E-state index in [1.807, 2.05) is 0 Å². The minimum Gasteiger partial charge on any atom is -0.550 e. The van der Waals surface area contributed by atoms with Crippen molar-refractivity contribution in [2.24, 2.45) is 0 Å². The number of unbranched alkanes of at least 4 members (excludes halogenated alkanes) is 24. The van der Waals surface area contributed by atoms with Gasteiger partial charge in [-0.3, -0.25) is 0 Å². The summed E-state index contributed by atoms with van der Waals surface area (Å²) in [6.07, 6.45) is 33.9. The summed E-state index contributed by atoms with van der Waals surface area (Å²) in [6.45, 7) is 4.51. The molecule has 0 saturated heterocycles. The van der Waals surface area contributed by atoms with Crippen molar-refractivity contribution in [2.45, 2.75) is 194 Å². The van der Waals surface area contributed by atoms with Crippen molar-refractivity contribution in [2.75, 3.05) is 0 Å². The van der Waals surface area contributed by atoms with Crippen LogP contribution in [0.3, 0.4) is 0 Å². The number of hydrogen-bond donors (Lipinski definition) is 0. The van der Waals surface area contributed by atoms with E-state index in [1.54, 1.807) is 0 Å². The molecule has 0 heterocycles. The van der Waals surface area contributed by atoms with Gasteiger partial charge in [0.2, 0.25) is 0 Å². The SMILES string of the molecule is CCCCCCCCCCCCCCCC(=O)[O-].CCCCCCCCCCCCCCCC(=O)[O-].[Cd+2]. The van der Waals surface area contributed by atoms with Gasteiger partial charge in [0.25, 0.3) is 0 Å². The fraction of sp³-hybridized carbons (Fsp3) is 0.938. The second kappa shape index (κ2) is 38.0. The minimum absolute atomic E-state index is 0. The van der Waals surface area contributed by atoms with Crippen LogP contribution >= 0.6 is 0 Å². The van der Waals surface area contributed by atoms with Gasteiger partial charge in [-0.15, -0.1) is 0 Å². The van der Waals surface area contributed by atoms with E-state index >= 15 is 0 Å². The van der Waals surface area contributed by atoms with Gasteiger partial charge in [0.15, 0.2) is 0 Å². The topological polar surface area (TPSA) is 80.3 Å². The van der Waals surface area contributed by atoms with Crippen LogP contribution in [-0.2, 0) is 36.9 Å². The van der Waals surface area contributed by atoms with E-state index < -0.39 is 11.9 Å². The standard InChI is InChI=1S/2C16H32O2.Cd/c2*1-2-3-4-5-6-7-8-9-10-11-12-13-14-15-16(17)18;/h2*2-15H2,1H3,(H,17,18);/q;;+2/p-2. The van der Waals surface area contributed by atoms with E-state index in [2.05, 4.69) is 13.8 Å². The van der Waals surface area contributed by atoms with Crippen LogP contribution in [0.1, 0.15) is 194 Å². The monoisotopic (exact) mass is 624 g/mol. The average Bonchev–Trinajstić information content (AvgIpc) is 2.85. The Kier molecular flexibility index (Phi) is 42.5. The third-order valence-electron chi connectivity index (χ3n) is 6.97. The summed E-state index contributed by atoms with van der Waals surface area (Å²) in [5.41, 5.74) is 0. The van der Waals surface area contributed by atoms with Gasteiger partial charge in [0.1, 0.15) is 0 Å². The maximum atomic E-state index is 10.2. The predicted molar refractivity (Wildman–Crippen MR) is 151 cm³/mol. The van der Waals surface area contributed by atoms with E-state index in [0.717, 1.165) is 25.7 Å². The number of hydrogen-bond acceptors (Lipinski definition) is 4. The molecule has 0 aromatic carbocycles. The Bertz CT molecular complexity index is 403. The third kappa shape index (κ3) is 46.1. The molecular formula is C32H62CdO4. The molecule has 0 aromatic heterocycles. The normalized spacial score (nSPS) is 10.4. The Morgan fingerprint density at radius 1 is 0.351 bits per heavy atom. The Labute approximate surface area is 251 Å². The molecular weight excluding hydrogens is 561 g/mol. The van der Waals surface area contributed by atoms with Gasteiger partial charge in [0.05, 0.1) is 0 Å². The van der Waals surface area contributed by atoms with Crippen molar-refractivity contribution in [3.63, 3.8) is 0 Å². The molecule has 0 aliphatic heterocycles. The molecule has 216 valence electrons. The first kappa shape index (κ1) is 41.3. The van der Waals surface area contributed by atoms with Gasteiger partial charge >= 0.3 is 27.3 Å².